The van der Waals surface area contributed by atoms with Crippen LogP contribution in [0, 0.1) is 11.6 Å². The molecule has 0 spiro atoms. The molecule has 1 amide bonds. The molecule has 1 aliphatic rings. The summed E-state index contributed by atoms with van der Waals surface area (Å²) in [7, 11) is 1.79. The molecule has 3 aromatic rings. The second-order valence-electron chi connectivity index (χ2n) is 7.25. The SMILES string of the molecule is CC(CNC(=O)c1cn2c3c(c(F)c(F)cc3c1=O)OC[C@@H]2C)c1nncn1C. The molecule has 29 heavy (non-hydrogen) atoms. The largest absolute Gasteiger partial charge is 0.486 e. The number of carbonyl (C=O) groups is 1. The molecule has 2 atom stereocenters. The number of amides is 1. The quantitative estimate of drug-likeness (QED) is 0.719. The van der Waals surface area contributed by atoms with Gasteiger partial charge in [-0.2, -0.15) is 4.39 Å². The van der Waals surface area contributed by atoms with Gasteiger partial charge in [0.2, 0.25) is 11.2 Å². The van der Waals surface area contributed by atoms with Crippen LogP contribution in [0.3, 0.4) is 0 Å². The van der Waals surface area contributed by atoms with Gasteiger partial charge in [-0.25, -0.2) is 4.39 Å². The van der Waals surface area contributed by atoms with E-state index in [1.54, 1.807) is 29.4 Å². The van der Waals surface area contributed by atoms with Gasteiger partial charge in [-0.05, 0) is 13.0 Å². The van der Waals surface area contributed by atoms with Crippen LogP contribution in [-0.2, 0) is 7.05 Å². The molecule has 152 valence electrons. The smallest absolute Gasteiger partial charge is 0.256 e. The first kappa shape index (κ1) is 19.0. The highest BCUT2D eigenvalue weighted by atomic mass is 19.2. The Kier molecular flexibility index (Phi) is 4.56. The van der Waals surface area contributed by atoms with Crippen LogP contribution in [0.1, 0.15) is 42.0 Å². The second-order valence-corrected chi connectivity index (χ2v) is 7.25. The second kappa shape index (κ2) is 6.94. The van der Waals surface area contributed by atoms with Gasteiger partial charge in [-0.1, -0.05) is 6.92 Å². The molecule has 4 rings (SSSR count). The first-order valence-electron chi connectivity index (χ1n) is 9.11. The van der Waals surface area contributed by atoms with Crippen LogP contribution in [0.5, 0.6) is 5.75 Å². The Labute approximate surface area is 164 Å². The topological polar surface area (TPSA) is 91.0 Å². The van der Waals surface area contributed by atoms with Gasteiger partial charge >= 0.3 is 0 Å². The maximum absolute atomic E-state index is 14.1. The van der Waals surface area contributed by atoms with Crippen molar-refractivity contribution in [3.05, 3.63) is 51.8 Å². The Morgan fingerprint density at radius 2 is 2.21 bits per heavy atom. The lowest BCUT2D eigenvalue weighted by atomic mass is 10.1. The highest BCUT2D eigenvalue weighted by molar-refractivity contribution is 5.98. The molecular formula is C19H19F2N5O3. The summed E-state index contributed by atoms with van der Waals surface area (Å²) in [6.07, 6.45) is 2.93. The molecule has 2 aromatic heterocycles. The van der Waals surface area contributed by atoms with E-state index >= 15 is 0 Å². The summed E-state index contributed by atoms with van der Waals surface area (Å²) >= 11 is 0. The first-order chi connectivity index (χ1) is 13.8. The number of hydrogen-bond donors (Lipinski definition) is 1. The molecule has 0 radical (unpaired) electrons. The highest BCUT2D eigenvalue weighted by Gasteiger charge is 2.28. The first-order valence-corrected chi connectivity index (χ1v) is 9.11. The van der Waals surface area contributed by atoms with Gasteiger partial charge in [0.1, 0.15) is 24.3 Å². The van der Waals surface area contributed by atoms with Crippen LogP contribution in [0.2, 0.25) is 0 Å². The van der Waals surface area contributed by atoms with Crippen LogP contribution in [0.4, 0.5) is 8.78 Å². The van der Waals surface area contributed by atoms with E-state index in [1.807, 2.05) is 6.92 Å². The van der Waals surface area contributed by atoms with E-state index < -0.39 is 23.0 Å². The Morgan fingerprint density at radius 1 is 1.45 bits per heavy atom. The number of halogens is 2. The van der Waals surface area contributed by atoms with Crippen molar-refractivity contribution < 1.29 is 18.3 Å². The van der Waals surface area contributed by atoms with E-state index in [9.17, 15) is 18.4 Å². The van der Waals surface area contributed by atoms with Crippen molar-refractivity contribution in [2.45, 2.75) is 25.8 Å². The third kappa shape index (κ3) is 3.04. The van der Waals surface area contributed by atoms with E-state index in [0.717, 1.165) is 6.07 Å². The van der Waals surface area contributed by atoms with E-state index in [1.165, 1.54) is 6.20 Å². The maximum Gasteiger partial charge on any atom is 0.256 e. The summed E-state index contributed by atoms with van der Waals surface area (Å²) in [6, 6.07) is 0.549. The van der Waals surface area contributed by atoms with Gasteiger partial charge in [0, 0.05) is 25.7 Å². The summed E-state index contributed by atoms with van der Waals surface area (Å²) in [6.45, 7) is 3.98. The molecule has 0 fully saturated rings. The predicted octanol–water partition coefficient (Wildman–Crippen LogP) is 1.90. The zero-order chi connectivity index (χ0) is 20.9. The number of nitrogens with one attached hydrogen (secondary N) is 1. The van der Waals surface area contributed by atoms with Gasteiger partial charge in [0.15, 0.2) is 11.6 Å². The van der Waals surface area contributed by atoms with E-state index in [0.29, 0.717) is 5.82 Å². The number of nitrogens with zero attached hydrogens (tertiary/aromatic N) is 4. The van der Waals surface area contributed by atoms with Gasteiger partial charge in [-0.15, -0.1) is 10.2 Å². The number of benzene rings is 1. The minimum atomic E-state index is -1.20. The van der Waals surface area contributed by atoms with Gasteiger partial charge < -0.3 is 19.2 Å². The molecule has 0 aliphatic carbocycles. The molecule has 1 unspecified atom stereocenters. The third-order valence-electron chi connectivity index (χ3n) is 5.11. The number of hydrogen-bond acceptors (Lipinski definition) is 5. The average Bonchev–Trinajstić information content (AvgIpc) is 3.12. The van der Waals surface area contributed by atoms with E-state index in [4.69, 9.17) is 4.74 Å². The fourth-order valence-electron chi connectivity index (χ4n) is 3.53. The third-order valence-corrected chi connectivity index (χ3v) is 5.11. The molecule has 3 heterocycles. The summed E-state index contributed by atoms with van der Waals surface area (Å²) in [5, 5.41) is 10.4. The lowest BCUT2D eigenvalue weighted by Crippen LogP contribution is -2.34. The maximum atomic E-state index is 14.1. The summed E-state index contributed by atoms with van der Waals surface area (Å²) in [4.78, 5) is 25.6. The molecule has 0 saturated carbocycles. The van der Waals surface area contributed by atoms with Crippen LogP contribution in [0.15, 0.2) is 23.4 Å². The molecular weight excluding hydrogens is 384 g/mol. The molecule has 1 aromatic carbocycles. The molecule has 0 saturated heterocycles. The Bertz CT molecular complexity index is 1190. The van der Waals surface area contributed by atoms with Gasteiger partial charge in [0.05, 0.1) is 16.9 Å². The van der Waals surface area contributed by atoms with Crippen molar-refractivity contribution in [2.75, 3.05) is 13.2 Å². The van der Waals surface area contributed by atoms with Gasteiger partial charge in [0.25, 0.3) is 5.91 Å². The minimum absolute atomic E-state index is 0.0929. The Hall–Kier alpha value is -3.30. The van der Waals surface area contributed by atoms with Gasteiger partial charge in [-0.3, -0.25) is 9.59 Å². The molecule has 1 aliphatic heterocycles. The van der Waals surface area contributed by atoms with Crippen LogP contribution in [0.25, 0.3) is 10.9 Å². The lowest BCUT2D eigenvalue weighted by molar-refractivity contribution is 0.0949. The van der Waals surface area contributed by atoms with Crippen molar-refractivity contribution in [1.29, 1.82) is 0 Å². The minimum Gasteiger partial charge on any atom is -0.486 e. The number of carbonyl (C=O) groups excluding carboxylic acids is 1. The van der Waals surface area contributed by atoms with E-state index in [2.05, 4.69) is 15.5 Å². The molecule has 10 heteroatoms. The highest BCUT2D eigenvalue weighted by Crippen LogP contribution is 2.35. The van der Waals surface area contributed by atoms with Crippen molar-refractivity contribution in [3.8, 4) is 5.75 Å². The average molecular weight is 403 g/mol. The summed E-state index contributed by atoms with van der Waals surface area (Å²) in [5.41, 5.74) is -0.678. The van der Waals surface area contributed by atoms with Crippen LogP contribution < -0.4 is 15.5 Å². The lowest BCUT2D eigenvalue weighted by Gasteiger charge is -2.27. The zero-order valence-corrected chi connectivity index (χ0v) is 16.1. The van der Waals surface area contributed by atoms with Crippen LogP contribution in [-0.4, -0.2) is 38.4 Å². The summed E-state index contributed by atoms with van der Waals surface area (Å²) in [5.74, 6) is -2.70. The fraction of sp³-hybridized carbons (Fsp3) is 0.368. The monoisotopic (exact) mass is 403 g/mol. The van der Waals surface area contributed by atoms with Crippen LogP contribution >= 0.6 is 0 Å². The van der Waals surface area contributed by atoms with Crippen molar-refractivity contribution in [3.63, 3.8) is 0 Å². The Balaban J connectivity index is 1.72. The molecule has 8 nitrogen and oxygen atoms in total. The number of rotatable bonds is 4. The van der Waals surface area contributed by atoms with E-state index in [-0.39, 0.29) is 47.3 Å². The number of pyridine rings is 1. The fourth-order valence-corrected chi connectivity index (χ4v) is 3.53. The Morgan fingerprint density at radius 3 is 2.90 bits per heavy atom. The zero-order valence-electron chi connectivity index (χ0n) is 16.1. The van der Waals surface area contributed by atoms with Crippen molar-refractivity contribution >= 4 is 16.8 Å². The standard InChI is InChI=1S/C19H19F2N5O3/c1-9(18-24-23-8-25(18)3)5-22-19(28)12-6-26-10(2)7-29-17-14(21)13(20)4-11(15(17)26)16(12)27/h4,6,8-10H,5,7H2,1-3H3,(H,22,28)/t9?,10-/m0/s1. The number of aromatic nitrogens is 4. The predicted molar refractivity (Wildman–Crippen MR) is 100 cm³/mol. The summed E-state index contributed by atoms with van der Waals surface area (Å²) < 4.78 is 36.8. The van der Waals surface area contributed by atoms with Crippen molar-refractivity contribution in [1.82, 2.24) is 24.6 Å². The number of ether oxygens (including phenoxy) is 1. The number of aryl methyl sites for hydroxylation is 1. The molecule has 0 bridgehead atoms. The molecule has 1 N–H and O–H groups in total. The van der Waals surface area contributed by atoms with Crippen molar-refractivity contribution in [2.24, 2.45) is 7.05 Å². The normalized spacial score (nSPS) is 16.5.